The highest BCUT2D eigenvalue weighted by Crippen LogP contribution is 2.45. The summed E-state index contributed by atoms with van der Waals surface area (Å²) >= 11 is 3.57. The summed E-state index contributed by atoms with van der Waals surface area (Å²) in [4.78, 5) is 62.1. The molecule has 9 rings (SSSR count). The zero-order valence-corrected chi connectivity index (χ0v) is 39.8. The van der Waals surface area contributed by atoms with Gasteiger partial charge in [-0.1, -0.05) is 0 Å². The zero-order valence-electron chi connectivity index (χ0n) is 37.3. The molecule has 0 saturated carbocycles. The Morgan fingerprint density at radius 2 is 1.62 bits per heavy atom. The molecule has 19 heteroatoms. The summed E-state index contributed by atoms with van der Waals surface area (Å²) < 4.78 is 50.6. The third-order valence-corrected chi connectivity index (χ3v) is 15.9. The molecule has 4 aliphatic rings. The van der Waals surface area contributed by atoms with Gasteiger partial charge in [-0.15, -0.1) is 0 Å². The molecule has 346 valence electrons. The SMILES string of the molecule is COc1cc(N2CCC3(CCN(C(=O)[C@@H]4CCN(c5cc(F)c([C@H]6CCC(=O)NC6=O)c(F)c5)C4)CC3)CC2)c(C)cc1Nc1ncc(Br)c(Nc2ccc3nccnc3c2P(C)(C)=O)n1. The molecule has 3 amide bonds. The number of aromatic nitrogens is 4. The minimum absolute atomic E-state index is 0.0253. The second-order valence-electron chi connectivity index (χ2n) is 18.3. The number of hydrogen-bond donors (Lipinski definition) is 3. The van der Waals surface area contributed by atoms with E-state index in [1.807, 2.05) is 28.0 Å². The van der Waals surface area contributed by atoms with E-state index in [4.69, 9.17) is 9.72 Å². The predicted octanol–water partition coefficient (Wildman–Crippen LogP) is 7.77. The molecule has 0 aliphatic carbocycles. The van der Waals surface area contributed by atoms with Gasteiger partial charge in [0.05, 0.1) is 45.6 Å². The van der Waals surface area contributed by atoms with E-state index < -0.39 is 36.5 Å². The fourth-order valence-electron chi connectivity index (χ4n) is 10.1. The molecular weight excluding hydrogens is 933 g/mol. The number of carbonyl (C=O) groups excluding carboxylic acids is 3. The Hall–Kier alpha value is -5.74. The lowest BCUT2D eigenvalue weighted by atomic mass is 9.71. The first-order valence-electron chi connectivity index (χ1n) is 22.3. The van der Waals surface area contributed by atoms with Gasteiger partial charge in [0.1, 0.15) is 35.9 Å². The van der Waals surface area contributed by atoms with Crippen molar-refractivity contribution in [3.05, 3.63) is 82.2 Å². The van der Waals surface area contributed by atoms with Crippen LogP contribution in [0.25, 0.3) is 11.0 Å². The number of piperidine rings is 3. The van der Waals surface area contributed by atoms with Crippen LogP contribution in [0.3, 0.4) is 0 Å². The van der Waals surface area contributed by atoms with Crippen molar-refractivity contribution in [3.63, 3.8) is 0 Å². The fourth-order valence-corrected chi connectivity index (χ4v) is 11.8. The van der Waals surface area contributed by atoms with Gasteiger partial charge < -0.3 is 34.6 Å². The van der Waals surface area contributed by atoms with Gasteiger partial charge in [0, 0.05) is 87.3 Å². The first kappa shape index (κ1) is 45.4. The first-order valence-corrected chi connectivity index (χ1v) is 25.6. The summed E-state index contributed by atoms with van der Waals surface area (Å²) in [7, 11) is -1.16. The van der Waals surface area contributed by atoms with Gasteiger partial charge in [-0.2, -0.15) is 4.98 Å². The van der Waals surface area contributed by atoms with Crippen LogP contribution in [0.5, 0.6) is 5.75 Å². The van der Waals surface area contributed by atoms with Crippen LogP contribution in [-0.2, 0) is 18.9 Å². The van der Waals surface area contributed by atoms with E-state index in [1.54, 1.807) is 39.0 Å². The monoisotopic (exact) mass is 984 g/mol. The van der Waals surface area contributed by atoms with Crippen LogP contribution >= 0.6 is 23.1 Å². The molecule has 5 aromatic rings. The van der Waals surface area contributed by atoms with Gasteiger partial charge >= 0.3 is 0 Å². The second kappa shape index (κ2) is 18.2. The van der Waals surface area contributed by atoms with E-state index >= 15 is 8.78 Å². The number of imide groups is 1. The molecule has 0 radical (unpaired) electrons. The van der Waals surface area contributed by atoms with E-state index in [2.05, 4.69) is 64.7 Å². The number of nitrogens with zero attached hydrogens (tertiary/aromatic N) is 7. The Kier molecular flexibility index (Phi) is 12.5. The molecule has 2 aromatic heterocycles. The van der Waals surface area contributed by atoms with Gasteiger partial charge in [0.25, 0.3) is 0 Å². The van der Waals surface area contributed by atoms with Crippen molar-refractivity contribution in [2.45, 2.75) is 57.8 Å². The molecule has 4 aliphatic heterocycles. The average Bonchev–Trinajstić information content (AvgIpc) is 3.79. The number of fused-ring (bicyclic) bond motifs is 1. The Bertz CT molecular complexity index is 2770. The van der Waals surface area contributed by atoms with E-state index in [1.165, 1.54) is 12.1 Å². The molecule has 3 N–H and O–H groups in total. The summed E-state index contributed by atoms with van der Waals surface area (Å²) in [6.07, 6.45) is 9.36. The number of anilines is 6. The quantitative estimate of drug-likeness (QED) is 0.0916. The number of nitrogens with one attached hydrogen (secondary N) is 3. The fraction of sp³-hybridized carbons (Fsp3) is 0.426. The van der Waals surface area contributed by atoms with E-state index in [9.17, 15) is 18.9 Å². The number of carbonyl (C=O) groups is 3. The van der Waals surface area contributed by atoms with Gasteiger partial charge in [-0.25, -0.2) is 13.8 Å². The maximum atomic E-state index is 15.3. The maximum Gasteiger partial charge on any atom is 0.234 e. The van der Waals surface area contributed by atoms with E-state index in [0.717, 1.165) is 50.0 Å². The first-order chi connectivity index (χ1) is 31.6. The standard InChI is InChI=1S/C47H52BrF2N10O5P/c1-27-21-36(55-46-53-25-31(48)43(57-46)54-35-7-6-34-41(52-15-14-51-34)42(35)66(3,4)64)38(65-2)24-37(27)58-17-10-47(11-18-58)12-19-59(20-13-47)45(63)28-9-16-60(26-28)29-22-32(49)40(33(50)23-29)30-5-8-39(61)56-44(30)62/h6-7,14-15,21-25,28,30H,5,8-13,16-20,26H2,1-4H3,(H,56,61,62)(H2,53,54,55,57)/t28-,30-/m1/s1. The number of hydrogen-bond acceptors (Lipinski definition) is 13. The van der Waals surface area contributed by atoms with Crippen molar-refractivity contribution >= 4 is 91.6 Å². The summed E-state index contributed by atoms with van der Waals surface area (Å²) in [5.74, 6) is -2.58. The van der Waals surface area contributed by atoms with Crippen molar-refractivity contribution < 1.29 is 32.5 Å². The zero-order chi connectivity index (χ0) is 46.5. The van der Waals surface area contributed by atoms with E-state index in [-0.39, 0.29) is 35.6 Å². The molecular formula is C47H52BrF2N10O5P. The van der Waals surface area contributed by atoms with Gasteiger partial charge in [-0.3, -0.25) is 29.7 Å². The number of aryl methyl sites for hydroxylation is 1. The Labute approximate surface area is 390 Å². The van der Waals surface area contributed by atoms with Crippen molar-refractivity contribution in [2.75, 3.05) is 80.1 Å². The lowest BCUT2D eigenvalue weighted by Gasteiger charge is -2.48. The predicted molar refractivity (Wildman–Crippen MR) is 254 cm³/mol. The lowest BCUT2D eigenvalue weighted by Crippen LogP contribution is -2.49. The van der Waals surface area contributed by atoms with Crippen LogP contribution in [0.15, 0.2) is 59.5 Å². The molecule has 6 heterocycles. The summed E-state index contributed by atoms with van der Waals surface area (Å²) in [6.45, 7) is 9.45. The molecule has 0 bridgehead atoms. The van der Waals surface area contributed by atoms with Gasteiger partial charge in [0.15, 0.2) is 0 Å². The molecule has 66 heavy (non-hydrogen) atoms. The Morgan fingerprint density at radius 3 is 2.32 bits per heavy atom. The third kappa shape index (κ3) is 9.05. The largest absolute Gasteiger partial charge is 0.494 e. The molecule has 15 nitrogen and oxygen atoms in total. The van der Waals surface area contributed by atoms with E-state index in [0.29, 0.717) is 88.0 Å². The number of methoxy groups -OCH3 is 1. The van der Waals surface area contributed by atoms with Crippen LogP contribution in [-0.4, -0.2) is 102 Å². The molecule has 1 spiro atoms. The molecule has 3 aromatic carbocycles. The number of amides is 3. The molecule has 2 atom stereocenters. The Morgan fingerprint density at radius 1 is 0.909 bits per heavy atom. The van der Waals surface area contributed by atoms with Crippen molar-refractivity contribution in [2.24, 2.45) is 11.3 Å². The number of rotatable bonds is 10. The van der Waals surface area contributed by atoms with Gasteiger partial charge in [-0.05, 0) is 116 Å². The van der Waals surface area contributed by atoms with Crippen LogP contribution in [0.1, 0.15) is 62.0 Å². The summed E-state index contributed by atoms with van der Waals surface area (Å²) in [5.41, 5.74) is 4.88. The Balaban J connectivity index is 0.804. The normalized spacial score (nSPS) is 19.9. The molecule has 4 saturated heterocycles. The number of ether oxygens (including phenoxy) is 1. The maximum absolute atomic E-state index is 15.3. The van der Waals surface area contributed by atoms with Gasteiger partial charge in [0.2, 0.25) is 23.7 Å². The second-order valence-corrected chi connectivity index (χ2v) is 22.3. The molecule has 4 fully saturated rings. The minimum Gasteiger partial charge on any atom is -0.494 e. The highest BCUT2D eigenvalue weighted by atomic mass is 79.9. The topological polar surface area (TPSA) is 175 Å². The number of halogens is 3. The summed E-state index contributed by atoms with van der Waals surface area (Å²) in [5, 5.41) is 9.46. The van der Waals surface area contributed by atoms with Crippen molar-refractivity contribution in [1.29, 1.82) is 0 Å². The number of benzene rings is 3. The third-order valence-electron chi connectivity index (χ3n) is 13.8. The lowest BCUT2D eigenvalue weighted by molar-refractivity contribution is -0.137. The summed E-state index contributed by atoms with van der Waals surface area (Å²) in [6, 6.07) is 10.2. The number of likely N-dealkylation sites (tertiary alicyclic amines) is 1. The molecule has 0 unspecified atom stereocenters. The highest BCUT2D eigenvalue weighted by Gasteiger charge is 2.41. The van der Waals surface area contributed by atoms with Crippen LogP contribution in [0.4, 0.5) is 43.3 Å². The smallest absolute Gasteiger partial charge is 0.234 e. The highest BCUT2D eigenvalue weighted by molar-refractivity contribution is 9.10. The average molecular weight is 986 g/mol. The van der Waals surface area contributed by atoms with Crippen molar-refractivity contribution in [3.8, 4) is 5.75 Å². The van der Waals surface area contributed by atoms with Crippen molar-refractivity contribution in [1.82, 2.24) is 30.2 Å². The van der Waals surface area contributed by atoms with Crippen LogP contribution < -0.4 is 35.8 Å². The van der Waals surface area contributed by atoms with Crippen LogP contribution in [0.2, 0.25) is 0 Å². The minimum atomic E-state index is -2.80. The van der Waals surface area contributed by atoms with Crippen LogP contribution in [0, 0.1) is 29.9 Å².